The summed E-state index contributed by atoms with van der Waals surface area (Å²) in [5.74, 6) is 0.180. The first-order valence-electron chi connectivity index (χ1n) is 15.4. The number of methoxy groups -OCH3 is 1. The molecule has 2 heterocycles. The van der Waals surface area contributed by atoms with E-state index in [0.717, 1.165) is 30.4 Å². The average molecular weight is 646 g/mol. The number of benzene rings is 3. The highest BCUT2D eigenvalue weighted by Crippen LogP contribution is 2.34. The minimum atomic E-state index is -4.60. The van der Waals surface area contributed by atoms with Gasteiger partial charge in [-0.05, 0) is 47.5 Å². The smallest absolute Gasteiger partial charge is 0.416 e. The highest BCUT2D eigenvalue weighted by atomic mass is 19.4. The number of aromatic nitrogens is 2. The largest absolute Gasteiger partial charge is 0.497 e. The highest BCUT2D eigenvalue weighted by molar-refractivity contribution is 5.98. The van der Waals surface area contributed by atoms with E-state index in [-0.39, 0.29) is 36.4 Å². The number of ketones is 1. The fourth-order valence-electron chi connectivity index (χ4n) is 5.63. The van der Waals surface area contributed by atoms with E-state index in [0.29, 0.717) is 42.2 Å². The predicted molar refractivity (Wildman–Crippen MR) is 174 cm³/mol. The number of anilines is 1. The van der Waals surface area contributed by atoms with Gasteiger partial charge in [0.25, 0.3) is 0 Å². The first kappa shape index (κ1) is 33.7. The number of hydrogen-bond acceptors (Lipinski definition) is 7. The topological polar surface area (TPSA) is 78.9 Å². The van der Waals surface area contributed by atoms with Gasteiger partial charge in [0.2, 0.25) is 5.91 Å². The van der Waals surface area contributed by atoms with Gasteiger partial charge in [0.1, 0.15) is 17.9 Å². The van der Waals surface area contributed by atoms with Crippen molar-refractivity contribution in [2.75, 3.05) is 52.3 Å². The fraction of sp³-hybridized carbons (Fsp3) is 0.333. The van der Waals surface area contributed by atoms with Gasteiger partial charge in [-0.25, -0.2) is 9.97 Å². The maximum absolute atomic E-state index is 14.1. The van der Waals surface area contributed by atoms with Crippen molar-refractivity contribution in [1.29, 1.82) is 0 Å². The Morgan fingerprint density at radius 1 is 0.872 bits per heavy atom. The van der Waals surface area contributed by atoms with E-state index in [9.17, 15) is 22.8 Å². The zero-order valence-electron chi connectivity index (χ0n) is 26.8. The third kappa shape index (κ3) is 9.02. The van der Waals surface area contributed by atoms with Crippen molar-refractivity contribution in [3.8, 4) is 5.75 Å². The number of piperazine rings is 1. The molecule has 0 N–H and O–H groups in total. The van der Waals surface area contributed by atoms with Crippen molar-refractivity contribution in [3.05, 3.63) is 118 Å². The lowest BCUT2D eigenvalue weighted by Crippen LogP contribution is -2.44. The number of amides is 1. The molecule has 1 amide bonds. The van der Waals surface area contributed by atoms with Crippen molar-refractivity contribution in [2.24, 2.45) is 0 Å². The Bertz CT molecular complexity index is 1710. The monoisotopic (exact) mass is 645 g/mol. The lowest BCUT2D eigenvalue weighted by Gasteiger charge is -2.33. The Hall–Kier alpha value is -4.61. The van der Waals surface area contributed by atoms with E-state index < -0.39 is 17.5 Å². The lowest BCUT2D eigenvalue weighted by molar-refractivity contribution is -0.138. The fourth-order valence-corrected chi connectivity index (χ4v) is 5.63. The molecule has 0 radical (unpaired) electrons. The summed E-state index contributed by atoms with van der Waals surface area (Å²) >= 11 is 0. The van der Waals surface area contributed by atoms with Gasteiger partial charge in [-0.1, -0.05) is 48.5 Å². The van der Waals surface area contributed by atoms with Crippen molar-refractivity contribution >= 4 is 17.5 Å². The molecule has 4 aromatic rings. The first-order valence-corrected chi connectivity index (χ1v) is 15.4. The summed E-state index contributed by atoms with van der Waals surface area (Å²) in [5.41, 5.74) is 2.32. The number of carbonyl (C=O) groups is 2. The van der Waals surface area contributed by atoms with Gasteiger partial charge in [0, 0.05) is 64.2 Å². The van der Waals surface area contributed by atoms with Crippen molar-refractivity contribution < 1.29 is 27.5 Å². The number of ether oxygens (including phenoxy) is 1. The van der Waals surface area contributed by atoms with E-state index in [1.54, 1.807) is 31.3 Å². The Balaban J connectivity index is 1.29. The molecule has 1 saturated heterocycles. The van der Waals surface area contributed by atoms with Crippen molar-refractivity contribution in [1.82, 2.24) is 19.8 Å². The summed E-state index contributed by atoms with van der Waals surface area (Å²) in [6.45, 7) is 3.11. The average Bonchev–Trinajstić information content (AvgIpc) is 3.05. The number of nitrogens with zero attached hydrogens (tertiary/aromatic N) is 5. The van der Waals surface area contributed by atoms with Crippen LogP contribution in [0.2, 0.25) is 0 Å². The second kappa shape index (κ2) is 14.9. The first-order chi connectivity index (χ1) is 22.5. The molecule has 0 unspecified atom stereocenters. The van der Waals surface area contributed by atoms with Gasteiger partial charge in [0.05, 0.1) is 24.8 Å². The number of halogens is 3. The zero-order valence-corrected chi connectivity index (χ0v) is 26.8. The molecular weight excluding hydrogens is 607 g/mol. The third-order valence-corrected chi connectivity index (χ3v) is 8.36. The zero-order chi connectivity index (χ0) is 33.6. The van der Waals surface area contributed by atoms with Crippen LogP contribution in [-0.4, -0.2) is 78.8 Å². The van der Waals surface area contributed by atoms with Crippen LogP contribution in [0.3, 0.4) is 0 Å². The Morgan fingerprint density at radius 2 is 1.57 bits per heavy atom. The number of hydrogen-bond donors (Lipinski definition) is 0. The lowest BCUT2D eigenvalue weighted by atomic mass is 9.96. The van der Waals surface area contributed by atoms with Crippen molar-refractivity contribution in [3.63, 3.8) is 0 Å². The minimum absolute atomic E-state index is 0.00782. The maximum atomic E-state index is 14.1. The summed E-state index contributed by atoms with van der Waals surface area (Å²) in [4.78, 5) is 40.8. The van der Waals surface area contributed by atoms with Gasteiger partial charge in [0.15, 0.2) is 5.78 Å². The molecule has 1 aliphatic heterocycles. The summed E-state index contributed by atoms with van der Waals surface area (Å²) < 4.78 is 47.8. The van der Waals surface area contributed by atoms with Crippen LogP contribution in [0.5, 0.6) is 5.75 Å². The van der Waals surface area contributed by atoms with E-state index >= 15 is 0 Å². The van der Waals surface area contributed by atoms with Gasteiger partial charge >= 0.3 is 6.18 Å². The van der Waals surface area contributed by atoms with Crippen LogP contribution in [0.4, 0.5) is 19.0 Å². The summed E-state index contributed by atoms with van der Waals surface area (Å²) in [7, 11) is 5.10. The second-order valence-corrected chi connectivity index (χ2v) is 11.9. The molecule has 1 fully saturated rings. The van der Waals surface area contributed by atoms with E-state index in [2.05, 4.69) is 14.9 Å². The number of Topliss-reactive ketones (excluding diaryl/α,β-unsaturated/α-hetero) is 1. The predicted octanol–water partition coefficient (Wildman–Crippen LogP) is 5.47. The minimum Gasteiger partial charge on any atom is -0.497 e. The SMILES string of the molecule is COc1cc(CC(=O)c2ccc(CN3CCN(C)CC3)c(C(F)(F)F)c2)cc(CC(=O)N(C)c2cc(Cc3ccccc3)ncn2)c1. The highest BCUT2D eigenvalue weighted by Gasteiger charge is 2.34. The molecule has 1 aromatic heterocycles. The van der Waals surface area contributed by atoms with E-state index in [4.69, 9.17) is 4.74 Å². The molecule has 0 aliphatic carbocycles. The molecule has 1 aliphatic rings. The summed E-state index contributed by atoms with van der Waals surface area (Å²) in [6.07, 6.45) is -2.74. The molecule has 0 spiro atoms. The van der Waals surface area contributed by atoms with Crippen LogP contribution in [-0.2, 0) is 36.8 Å². The molecule has 0 atom stereocenters. The van der Waals surface area contributed by atoms with Gasteiger partial charge in [-0.15, -0.1) is 0 Å². The summed E-state index contributed by atoms with van der Waals surface area (Å²) in [6, 6.07) is 20.5. The van der Waals surface area contributed by atoms with Crippen LogP contribution in [0, 0.1) is 0 Å². The molecule has 47 heavy (non-hydrogen) atoms. The van der Waals surface area contributed by atoms with Gasteiger partial charge in [-0.3, -0.25) is 19.4 Å². The normalized spacial score (nSPS) is 14.2. The Morgan fingerprint density at radius 3 is 2.26 bits per heavy atom. The molecule has 3 aromatic carbocycles. The Kier molecular flexibility index (Phi) is 10.7. The number of alkyl halides is 3. The molecule has 246 valence electrons. The van der Waals surface area contributed by atoms with E-state index in [1.807, 2.05) is 42.3 Å². The molecule has 0 saturated carbocycles. The maximum Gasteiger partial charge on any atom is 0.416 e. The molecule has 0 bridgehead atoms. The van der Waals surface area contributed by atoms with Crippen LogP contribution in [0.15, 0.2) is 79.1 Å². The van der Waals surface area contributed by atoms with Crippen LogP contribution >= 0.6 is 0 Å². The number of likely N-dealkylation sites (N-methyl/N-ethyl adjacent to an activating group) is 2. The van der Waals surface area contributed by atoms with Crippen molar-refractivity contribution in [2.45, 2.75) is 32.0 Å². The van der Waals surface area contributed by atoms with Crippen LogP contribution in [0.25, 0.3) is 0 Å². The quantitative estimate of drug-likeness (QED) is 0.200. The molecule has 5 rings (SSSR count). The van der Waals surface area contributed by atoms with E-state index in [1.165, 1.54) is 30.5 Å². The van der Waals surface area contributed by atoms with Gasteiger partial charge in [-0.2, -0.15) is 13.2 Å². The Labute approximate surface area is 272 Å². The second-order valence-electron chi connectivity index (χ2n) is 11.9. The summed E-state index contributed by atoms with van der Waals surface area (Å²) in [5, 5.41) is 0. The standard InChI is InChI=1S/C36H38F3N5O3/c1-42-11-13-44(14-12-42)23-29-10-9-28(21-32(29)36(37,38)39)33(45)19-26-15-27(18-31(17-26)47-3)20-35(46)43(2)34-22-30(40-24-41-34)16-25-7-5-4-6-8-25/h4-10,15,17-18,21-22,24H,11-14,16,19-20,23H2,1-3H3. The molecule has 11 heteroatoms. The van der Waals surface area contributed by atoms with Crippen LogP contribution < -0.4 is 9.64 Å². The molecular formula is C36H38F3N5O3. The number of carbonyl (C=O) groups excluding carboxylic acids is 2. The number of rotatable bonds is 11. The third-order valence-electron chi connectivity index (χ3n) is 8.36. The van der Waals surface area contributed by atoms with Crippen LogP contribution in [0.1, 0.15) is 43.9 Å². The molecule has 8 nitrogen and oxygen atoms in total. The van der Waals surface area contributed by atoms with Gasteiger partial charge < -0.3 is 9.64 Å².